The number of hydrogen-bond donors (Lipinski definition) is 2. The molecule has 0 bridgehead atoms. The van der Waals surface area contributed by atoms with E-state index in [4.69, 9.17) is 5.73 Å². The number of hydrogen-bond acceptors (Lipinski definition) is 4. The van der Waals surface area contributed by atoms with Gasteiger partial charge < -0.3 is 5.73 Å². The largest absolute Gasteiger partial charge is 0.329 e. The molecule has 1 unspecified atom stereocenters. The summed E-state index contributed by atoms with van der Waals surface area (Å²) in [4.78, 5) is 24.8. The number of rotatable bonds is 3. The first-order valence-electron chi connectivity index (χ1n) is 5.24. The Morgan fingerprint density at radius 3 is 2.60 bits per heavy atom. The molecule has 0 spiro atoms. The summed E-state index contributed by atoms with van der Waals surface area (Å²) >= 11 is 0. The van der Waals surface area contributed by atoms with Crippen molar-refractivity contribution in [3.8, 4) is 0 Å². The van der Waals surface area contributed by atoms with Crippen molar-refractivity contribution in [2.24, 2.45) is 5.73 Å². The van der Waals surface area contributed by atoms with E-state index in [1.54, 1.807) is 0 Å². The lowest BCUT2D eigenvalue weighted by molar-refractivity contribution is -0.147. The molecule has 1 saturated heterocycles. The fourth-order valence-electron chi connectivity index (χ4n) is 1.90. The van der Waals surface area contributed by atoms with Gasteiger partial charge in [0, 0.05) is 12.6 Å². The number of amides is 2. The van der Waals surface area contributed by atoms with Crippen LogP contribution in [0.3, 0.4) is 0 Å². The van der Waals surface area contributed by atoms with Crippen LogP contribution in [0.1, 0.15) is 27.2 Å². The maximum absolute atomic E-state index is 11.7. The minimum absolute atomic E-state index is 0.0787. The Hall–Kier alpha value is -0.940. The summed E-state index contributed by atoms with van der Waals surface area (Å²) in [5, 5.41) is 2.34. The van der Waals surface area contributed by atoms with Gasteiger partial charge in [0.05, 0.1) is 12.1 Å². The molecule has 0 aromatic carbocycles. The van der Waals surface area contributed by atoms with Gasteiger partial charge in [0.2, 0.25) is 11.8 Å². The van der Waals surface area contributed by atoms with Gasteiger partial charge in [-0.2, -0.15) is 0 Å². The van der Waals surface area contributed by atoms with Crippen molar-refractivity contribution in [1.82, 2.24) is 10.2 Å². The zero-order valence-electron chi connectivity index (χ0n) is 9.54. The molecule has 1 aliphatic heterocycles. The predicted octanol–water partition coefficient (Wildman–Crippen LogP) is -0.539. The first-order chi connectivity index (χ1) is 6.93. The van der Waals surface area contributed by atoms with E-state index in [2.05, 4.69) is 5.32 Å². The van der Waals surface area contributed by atoms with Crippen LogP contribution in [0.4, 0.5) is 0 Å². The molecule has 5 heteroatoms. The zero-order valence-corrected chi connectivity index (χ0v) is 9.54. The highest BCUT2D eigenvalue weighted by Crippen LogP contribution is 2.21. The Morgan fingerprint density at radius 1 is 1.53 bits per heavy atom. The van der Waals surface area contributed by atoms with Crippen molar-refractivity contribution in [3.63, 3.8) is 0 Å². The normalized spacial score (nSPS) is 23.7. The Balaban J connectivity index is 2.92. The second kappa shape index (κ2) is 4.28. The van der Waals surface area contributed by atoms with Crippen LogP contribution >= 0.6 is 0 Å². The third-order valence-electron chi connectivity index (χ3n) is 3.02. The van der Waals surface area contributed by atoms with Crippen LogP contribution in [-0.4, -0.2) is 41.4 Å². The van der Waals surface area contributed by atoms with E-state index in [1.807, 2.05) is 25.7 Å². The van der Waals surface area contributed by atoms with Crippen LogP contribution in [0, 0.1) is 0 Å². The SMILES string of the molecule is CCC(CN)N1CC(=O)NC(=O)C1(C)C. The molecule has 0 radical (unpaired) electrons. The van der Waals surface area contributed by atoms with Crippen LogP contribution in [0.25, 0.3) is 0 Å². The monoisotopic (exact) mass is 213 g/mol. The summed E-state index contributed by atoms with van der Waals surface area (Å²) in [6.07, 6.45) is 0.834. The minimum Gasteiger partial charge on any atom is -0.329 e. The van der Waals surface area contributed by atoms with E-state index in [-0.39, 0.29) is 24.4 Å². The summed E-state index contributed by atoms with van der Waals surface area (Å²) < 4.78 is 0. The van der Waals surface area contributed by atoms with Crippen LogP contribution in [0.15, 0.2) is 0 Å². The van der Waals surface area contributed by atoms with Gasteiger partial charge in [-0.1, -0.05) is 6.92 Å². The Morgan fingerprint density at radius 2 is 2.13 bits per heavy atom. The fraction of sp³-hybridized carbons (Fsp3) is 0.800. The summed E-state index contributed by atoms with van der Waals surface area (Å²) in [5.41, 5.74) is 4.98. The zero-order chi connectivity index (χ0) is 11.6. The molecule has 0 aromatic heterocycles. The van der Waals surface area contributed by atoms with Crippen molar-refractivity contribution < 1.29 is 9.59 Å². The highest BCUT2D eigenvalue weighted by atomic mass is 16.2. The topological polar surface area (TPSA) is 75.4 Å². The average molecular weight is 213 g/mol. The lowest BCUT2D eigenvalue weighted by atomic mass is 9.95. The van der Waals surface area contributed by atoms with Crippen LogP contribution in [0.5, 0.6) is 0 Å². The lowest BCUT2D eigenvalue weighted by Gasteiger charge is -2.44. The molecule has 1 atom stereocenters. The molecule has 0 saturated carbocycles. The van der Waals surface area contributed by atoms with Crippen molar-refractivity contribution in [1.29, 1.82) is 0 Å². The first-order valence-corrected chi connectivity index (χ1v) is 5.24. The molecule has 0 aromatic rings. The second-order valence-corrected chi connectivity index (χ2v) is 4.36. The van der Waals surface area contributed by atoms with Crippen molar-refractivity contribution in [2.75, 3.05) is 13.1 Å². The molecule has 15 heavy (non-hydrogen) atoms. The summed E-state index contributed by atoms with van der Waals surface area (Å²) in [7, 11) is 0. The van der Waals surface area contributed by atoms with Gasteiger partial charge in [-0.05, 0) is 20.3 Å². The number of nitrogens with zero attached hydrogens (tertiary/aromatic N) is 1. The number of nitrogens with two attached hydrogens (primary N) is 1. The van der Waals surface area contributed by atoms with Gasteiger partial charge in [0.1, 0.15) is 0 Å². The highest BCUT2D eigenvalue weighted by Gasteiger charge is 2.43. The van der Waals surface area contributed by atoms with Crippen molar-refractivity contribution in [2.45, 2.75) is 38.8 Å². The molecule has 3 N–H and O–H groups in total. The van der Waals surface area contributed by atoms with Gasteiger partial charge in [-0.15, -0.1) is 0 Å². The molecule has 1 fully saturated rings. The third kappa shape index (κ3) is 2.18. The van der Waals surface area contributed by atoms with Gasteiger partial charge in [0.15, 0.2) is 0 Å². The maximum Gasteiger partial charge on any atom is 0.246 e. The number of carbonyl (C=O) groups is 2. The smallest absolute Gasteiger partial charge is 0.246 e. The van der Waals surface area contributed by atoms with E-state index >= 15 is 0 Å². The van der Waals surface area contributed by atoms with Gasteiger partial charge >= 0.3 is 0 Å². The summed E-state index contributed by atoms with van der Waals surface area (Å²) in [5.74, 6) is -0.489. The number of carbonyl (C=O) groups excluding carboxylic acids is 2. The first kappa shape index (κ1) is 12.1. The van der Waals surface area contributed by atoms with Crippen LogP contribution < -0.4 is 11.1 Å². The van der Waals surface area contributed by atoms with Crippen molar-refractivity contribution >= 4 is 11.8 Å². The summed E-state index contributed by atoms with van der Waals surface area (Å²) in [6.45, 7) is 6.33. The predicted molar refractivity (Wildman–Crippen MR) is 57.1 cm³/mol. The van der Waals surface area contributed by atoms with E-state index < -0.39 is 5.54 Å². The minimum atomic E-state index is -0.659. The Labute approximate surface area is 90.0 Å². The lowest BCUT2D eigenvalue weighted by Crippen LogP contribution is -2.67. The molecule has 1 heterocycles. The van der Waals surface area contributed by atoms with Gasteiger partial charge in [-0.25, -0.2) is 0 Å². The molecule has 86 valence electrons. The molecule has 1 aliphatic rings. The Kier molecular flexibility index (Phi) is 3.46. The van der Waals surface area contributed by atoms with E-state index in [0.717, 1.165) is 6.42 Å². The van der Waals surface area contributed by atoms with E-state index in [0.29, 0.717) is 6.54 Å². The second-order valence-electron chi connectivity index (χ2n) is 4.36. The number of piperazine rings is 1. The molecular formula is C10H19N3O2. The number of imide groups is 1. The quantitative estimate of drug-likeness (QED) is 0.617. The van der Waals surface area contributed by atoms with E-state index in [1.165, 1.54) is 0 Å². The highest BCUT2D eigenvalue weighted by molar-refractivity contribution is 6.02. The standard InChI is InChI=1S/C10H19N3O2/c1-4-7(5-11)13-6-8(14)12-9(15)10(13,2)3/h7H,4-6,11H2,1-3H3,(H,12,14,15). The van der Waals surface area contributed by atoms with Crippen LogP contribution in [-0.2, 0) is 9.59 Å². The molecule has 2 amide bonds. The van der Waals surface area contributed by atoms with E-state index in [9.17, 15) is 9.59 Å². The average Bonchev–Trinajstić information content (AvgIpc) is 2.16. The molecule has 0 aliphatic carbocycles. The number of nitrogens with one attached hydrogen (secondary N) is 1. The van der Waals surface area contributed by atoms with Gasteiger partial charge in [0.25, 0.3) is 0 Å². The van der Waals surface area contributed by atoms with Gasteiger partial charge in [-0.3, -0.25) is 19.8 Å². The fourth-order valence-corrected chi connectivity index (χ4v) is 1.90. The van der Waals surface area contributed by atoms with Crippen LogP contribution in [0.2, 0.25) is 0 Å². The molecule has 1 rings (SSSR count). The summed E-state index contributed by atoms with van der Waals surface area (Å²) in [6, 6.07) is 0.0787. The van der Waals surface area contributed by atoms with Crippen molar-refractivity contribution in [3.05, 3.63) is 0 Å². The molecular weight excluding hydrogens is 194 g/mol. The Bertz CT molecular complexity index is 272. The molecule has 5 nitrogen and oxygen atoms in total. The third-order valence-corrected chi connectivity index (χ3v) is 3.02. The maximum atomic E-state index is 11.7.